The fraction of sp³-hybridized carbons (Fsp3) is 0.500. The van der Waals surface area contributed by atoms with Crippen molar-refractivity contribution in [2.24, 2.45) is 0 Å². The van der Waals surface area contributed by atoms with Crippen molar-refractivity contribution in [1.29, 1.82) is 0 Å². The predicted octanol–water partition coefficient (Wildman–Crippen LogP) is 3.20. The monoisotopic (exact) mass is 231 g/mol. The number of nitrogens with zero attached hydrogens (tertiary/aromatic N) is 1. The highest BCUT2D eigenvalue weighted by atomic mass is 35.5. The second-order valence-corrected chi connectivity index (χ2v) is 4.56. The number of ether oxygens (including phenoxy) is 1. The Morgan fingerprint density at radius 2 is 2.43 bits per heavy atom. The number of hydrogen-bond donors (Lipinski definition) is 0. The van der Waals surface area contributed by atoms with Crippen molar-refractivity contribution in [3.05, 3.63) is 18.3 Å². The van der Waals surface area contributed by atoms with E-state index in [0.717, 1.165) is 10.8 Å². The second kappa shape index (κ2) is 6.14. The van der Waals surface area contributed by atoms with Gasteiger partial charge >= 0.3 is 0 Å². The van der Waals surface area contributed by atoms with Gasteiger partial charge in [-0.05, 0) is 19.1 Å². The van der Waals surface area contributed by atoms with Crippen molar-refractivity contribution in [3.8, 4) is 5.75 Å². The summed E-state index contributed by atoms with van der Waals surface area (Å²) in [7, 11) is 0. The molecule has 1 unspecified atom stereocenters. The Hall–Kier alpha value is -0.410. The lowest BCUT2D eigenvalue weighted by Crippen LogP contribution is -2.00. The van der Waals surface area contributed by atoms with Gasteiger partial charge in [0.2, 0.25) is 0 Å². The SMILES string of the molecule is CCOc1cccnc1SC(C)CCl. The Morgan fingerprint density at radius 1 is 1.64 bits per heavy atom. The van der Waals surface area contributed by atoms with Crippen LogP contribution in [0.3, 0.4) is 0 Å². The van der Waals surface area contributed by atoms with Gasteiger partial charge in [0.15, 0.2) is 5.75 Å². The smallest absolute Gasteiger partial charge is 0.151 e. The minimum atomic E-state index is 0.353. The Bertz CT molecular complexity index is 283. The average molecular weight is 232 g/mol. The molecule has 0 spiro atoms. The Balaban J connectivity index is 2.73. The van der Waals surface area contributed by atoms with E-state index < -0.39 is 0 Å². The van der Waals surface area contributed by atoms with Crippen LogP contribution in [0.1, 0.15) is 13.8 Å². The van der Waals surface area contributed by atoms with Gasteiger partial charge in [-0.3, -0.25) is 0 Å². The second-order valence-electron chi connectivity index (χ2n) is 2.82. The van der Waals surface area contributed by atoms with E-state index in [-0.39, 0.29) is 0 Å². The van der Waals surface area contributed by atoms with Crippen molar-refractivity contribution in [3.63, 3.8) is 0 Å². The predicted molar refractivity (Wildman–Crippen MR) is 61.4 cm³/mol. The molecule has 1 heterocycles. The van der Waals surface area contributed by atoms with Gasteiger partial charge in [-0.25, -0.2) is 4.98 Å². The molecule has 0 fully saturated rings. The van der Waals surface area contributed by atoms with E-state index in [1.807, 2.05) is 19.1 Å². The zero-order chi connectivity index (χ0) is 10.4. The van der Waals surface area contributed by atoms with Crippen LogP contribution in [-0.4, -0.2) is 22.7 Å². The standard InChI is InChI=1S/C10H14ClNOS/c1-3-13-9-5-4-6-12-10(9)14-8(2)7-11/h4-6,8H,3,7H2,1-2H3. The van der Waals surface area contributed by atoms with E-state index in [1.54, 1.807) is 18.0 Å². The zero-order valence-electron chi connectivity index (χ0n) is 8.37. The van der Waals surface area contributed by atoms with Gasteiger partial charge in [-0.2, -0.15) is 0 Å². The summed E-state index contributed by atoms with van der Waals surface area (Å²) in [6, 6.07) is 3.81. The molecular weight excluding hydrogens is 218 g/mol. The van der Waals surface area contributed by atoms with Crippen LogP contribution >= 0.6 is 23.4 Å². The Morgan fingerprint density at radius 3 is 3.07 bits per heavy atom. The van der Waals surface area contributed by atoms with E-state index in [1.165, 1.54) is 0 Å². The maximum absolute atomic E-state index is 5.74. The first-order valence-electron chi connectivity index (χ1n) is 4.58. The largest absolute Gasteiger partial charge is 0.491 e. The van der Waals surface area contributed by atoms with Crippen LogP contribution < -0.4 is 4.74 Å². The van der Waals surface area contributed by atoms with Gasteiger partial charge in [-0.15, -0.1) is 11.6 Å². The lowest BCUT2D eigenvalue weighted by Gasteiger charge is -2.10. The lowest BCUT2D eigenvalue weighted by atomic mass is 10.5. The van der Waals surface area contributed by atoms with Crippen LogP contribution in [0, 0.1) is 0 Å². The molecular formula is C10H14ClNOS. The van der Waals surface area contributed by atoms with E-state index in [9.17, 15) is 0 Å². The molecule has 0 amide bonds. The Kier molecular flexibility index (Phi) is 5.12. The normalized spacial score (nSPS) is 12.5. The molecule has 0 aliphatic carbocycles. The summed E-state index contributed by atoms with van der Waals surface area (Å²) in [5, 5.41) is 1.27. The molecule has 0 N–H and O–H groups in total. The van der Waals surface area contributed by atoms with Gasteiger partial charge in [0, 0.05) is 17.3 Å². The number of rotatable bonds is 5. The molecule has 1 aromatic heterocycles. The van der Waals surface area contributed by atoms with Crippen molar-refractivity contribution in [2.75, 3.05) is 12.5 Å². The van der Waals surface area contributed by atoms with Crippen molar-refractivity contribution in [2.45, 2.75) is 24.1 Å². The number of alkyl halides is 1. The summed E-state index contributed by atoms with van der Waals surface area (Å²) in [5.74, 6) is 1.46. The van der Waals surface area contributed by atoms with Crippen LogP contribution in [0.2, 0.25) is 0 Å². The van der Waals surface area contributed by atoms with Crippen LogP contribution in [0.25, 0.3) is 0 Å². The number of pyridine rings is 1. The number of thioether (sulfide) groups is 1. The summed E-state index contributed by atoms with van der Waals surface area (Å²) in [6.45, 7) is 4.70. The van der Waals surface area contributed by atoms with Crippen LogP contribution in [0.15, 0.2) is 23.4 Å². The maximum atomic E-state index is 5.74. The van der Waals surface area contributed by atoms with E-state index in [4.69, 9.17) is 16.3 Å². The molecule has 14 heavy (non-hydrogen) atoms. The first-order valence-corrected chi connectivity index (χ1v) is 5.99. The quantitative estimate of drug-likeness (QED) is 0.574. The average Bonchev–Trinajstić information content (AvgIpc) is 2.21. The summed E-state index contributed by atoms with van der Waals surface area (Å²) >= 11 is 7.38. The number of hydrogen-bond acceptors (Lipinski definition) is 3. The molecule has 4 heteroatoms. The topological polar surface area (TPSA) is 22.1 Å². The molecule has 0 bridgehead atoms. The minimum Gasteiger partial charge on any atom is -0.491 e. The highest BCUT2D eigenvalue weighted by molar-refractivity contribution is 8.00. The molecule has 1 rings (SSSR count). The third kappa shape index (κ3) is 3.39. The number of aromatic nitrogens is 1. The van der Waals surface area contributed by atoms with Crippen LogP contribution in [-0.2, 0) is 0 Å². The van der Waals surface area contributed by atoms with Gasteiger partial charge < -0.3 is 4.74 Å². The van der Waals surface area contributed by atoms with Crippen molar-refractivity contribution >= 4 is 23.4 Å². The molecule has 1 aromatic rings. The minimum absolute atomic E-state index is 0.353. The Labute approximate surface area is 94.0 Å². The molecule has 2 nitrogen and oxygen atoms in total. The third-order valence-corrected chi connectivity index (χ3v) is 3.31. The van der Waals surface area contributed by atoms with E-state index >= 15 is 0 Å². The van der Waals surface area contributed by atoms with Gasteiger partial charge in [0.1, 0.15) is 5.03 Å². The fourth-order valence-electron chi connectivity index (χ4n) is 0.952. The van der Waals surface area contributed by atoms with Gasteiger partial charge in [-0.1, -0.05) is 18.7 Å². The highest BCUT2D eigenvalue weighted by Gasteiger charge is 2.08. The van der Waals surface area contributed by atoms with Gasteiger partial charge in [0.05, 0.1) is 6.61 Å². The maximum Gasteiger partial charge on any atom is 0.151 e. The highest BCUT2D eigenvalue weighted by Crippen LogP contribution is 2.30. The fourth-order valence-corrected chi connectivity index (χ4v) is 1.95. The first kappa shape index (κ1) is 11.7. The lowest BCUT2D eigenvalue weighted by molar-refractivity contribution is 0.329. The molecule has 1 atom stereocenters. The van der Waals surface area contributed by atoms with Crippen molar-refractivity contribution in [1.82, 2.24) is 4.98 Å². The van der Waals surface area contributed by atoms with Crippen LogP contribution in [0.4, 0.5) is 0 Å². The third-order valence-electron chi connectivity index (χ3n) is 1.57. The molecule has 0 saturated carbocycles. The van der Waals surface area contributed by atoms with Crippen molar-refractivity contribution < 1.29 is 4.74 Å². The molecule has 0 aliphatic heterocycles. The zero-order valence-corrected chi connectivity index (χ0v) is 9.94. The number of halogens is 1. The summed E-state index contributed by atoms with van der Waals surface area (Å²) in [5.41, 5.74) is 0. The molecule has 0 saturated heterocycles. The molecule has 0 radical (unpaired) electrons. The van der Waals surface area contributed by atoms with Crippen LogP contribution in [0.5, 0.6) is 5.75 Å². The molecule has 0 aliphatic rings. The van der Waals surface area contributed by atoms with Gasteiger partial charge in [0.25, 0.3) is 0 Å². The van der Waals surface area contributed by atoms with E-state index in [0.29, 0.717) is 17.7 Å². The first-order chi connectivity index (χ1) is 6.77. The van der Waals surface area contributed by atoms with E-state index in [2.05, 4.69) is 11.9 Å². The molecule has 78 valence electrons. The molecule has 0 aromatic carbocycles. The summed E-state index contributed by atoms with van der Waals surface area (Å²) in [6.07, 6.45) is 1.77. The summed E-state index contributed by atoms with van der Waals surface area (Å²) in [4.78, 5) is 4.26. The summed E-state index contributed by atoms with van der Waals surface area (Å²) < 4.78 is 5.46.